The Kier molecular flexibility index (Phi) is 5.19. The number of ether oxygens (including phenoxy) is 1. The highest BCUT2D eigenvalue weighted by atomic mass is 16.5. The van der Waals surface area contributed by atoms with Crippen LogP contribution in [-0.4, -0.2) is 78.9 Å². The SMILES string of the molecule is COC1CCCC1NC(=O)N1CCN(CC(=O)O)CC1. The van der Waals surface area contributed by atoms with Crippen molar-refractivity contribution < 1.29 is 19.4 Å². The van der Waals surface area contributed by atoms with E-state index in [4.69, 9.17) is 9.84 Å². The largest absolute Gasteiger partial charge is 0.480 e. The lowest BCUT2D eigenvalue weighted by molar-refractivity contribution is -0.138. The topological polar surface area (TPSA) is 82.1 Å². The highest BCUT2D eigenvalue weighted by molar-refractivity contribution is 5.75. The fourth-order valence-corrected chi connectivity index (χ4v) is 2.92. The number of hydrogen-bond acceptors (Lipinski definition) is 4. The number of methoxy groups -OCH3 is 1. The molecule has 20 heavy (non-hydrogen) atoms. The molecule has 2 atom stereocenters. The Morgan fingerprint density at radius 1 is 1.25 bits per heavy atom. The number of amides is 2. The van der Waals surface area contributed by atoms with Crippen LogP contribution in [0.2, 0.25) is 0 Å². The van der Waals surface area contributed by atoms with Gasteiger partial charge in [-0.05, 0) is 19.3 Å². The number of hydrogen-bond donors (Lipinski definition) is 2. The van der Waals surface area contributed by atoms with Gasteiger partial charge in [0.25, 0.3) is 0 Å². The fraction of sp³-hybridized carbons (Fsp3) is 0.846. The summed E-state index contributed by atoms with van der Waals surface area (Å²) in [5, 5.41) is 11.8. The van der Waals surface area contributed by atoms with E-state index in [2.05, 4.69) is 5.32 Å². The molecule has 0 aromatic heterocycles. The maximum Gasteiger partial charge on any atom is 0.317 e. The van der Waals surface area contributed by atoms with Crippen molar-refractivity contribution >= 4 is 12.0 Å². The van der Waals surface area contributed by atoms with Crippen molar-refractivity contribution in [3.63, 3.8) is 0 Å². The monoisotopic (exact) mass is 285 g/mol. The molecule has 0 aromatic carbocycles. The van der Waals surface area contributed by atoms with Crippen LogP contribution in [0.3, 0.4) is 0 Å². The summed E-state index contributed by atoms with van der Waals surface area (Å²) in [6.07, 6.45) is 3.15. The highest BCUT2D eigenvalue weighted by Crippen LogP contribution is 2.21. The maximum absolute atomic E-state index is 12.2. The van der Waals surface area contributed by atoms with E-state index in [1.165, 1.54) is 0 Å². The Morgan fingerprint density at radius 3 is 2.55 bits per heavy atom. The lowest BCUT2D eigenvalue weighted by Gasteiger charge is -2.34. The minimum Gasteiger partial charge on any atom is -0.480 e. The van der Waals surface area contributed by atoms with Crippen LogP contribution in [0.4, 0.5) is 4.79 Å². The second kappa shape index (κ2) is 6.90. The first-order valence-electron chi connectivity index (χ1n) is 7.12. The number of carbonyl (C=O) groups excluding carboxylic acids is 1. The number of rotatable bonds is 4. The molecule has 2 fully saturated rings. The van der Waals surface area contributed by atoms with Crippen LogP contribution < -0.4 is 5.32 Å². The van der Waals surface area contributed by atoms with Crippen LogP contribution in [0.1, 0.15) is 19.3 Å². The molecule has 2 aliphatic rings. The van der Waals surface area contributed by atoms with Crippen LogP contribution in [0.15, 0.2) is 0 Å². The minimum atomic E-state index is -0.822. The quantitative estimate of drug-likeness (QED) is 0.758. The lowest BCUT2D eigenvalue weighted by atomic mass is 10.2. The maximum atomic E-state index is 12.2. The summed E-state index contributed by atoms with van der Waals surface area (Å²) in [6.45, 7) is 2.41. The number of carboxylic acids is 1. The molecule has 2 N–H and O–H groups in total. The molecule has 1 saturated carbocycles. The average Bonchev–Trinajstić information content (AvgIpc) is 2.86. The van der Waals surface area contributed by atoms with Gasteiger partial charge < -0.3 is 20.1 Å². The second-order valence-corrected chi connectivity index (χ2v) is 5.42. The third-order valence-electron chi connectivity index (χ3n) is 4.08. The van der Waals surface area contributed by atoms with Gasteiger partial charge in [-0.1, -0.05) is 0 Å². The van der Waals surface area contributed by atoms with E-state index in [1.54, 1.807) is 12.0 Å². The zero-order valence-corrected chi connectivity index (χ0v) is 11.9. The van der Waals surface area contributed by atoms with Crippen LogP contribution in [0.5, 0.6) is 0 Å². The number of piperazine rings is 1. The van der Waals surface area contributed by atoms with E-state index < -0.39 is 5.97 Å². The second-order valence-electron chi connectivity index (χ2n) is 5.42. The predicted octanol–water partition coefficient (Wildman–Crippen LogP) is -0.0343. The van der Waals surface area contributed by atoms with Gasteiger partial charge in [-0.2, -0.15) is 0 Å². The summed E-state index contributed by atoms with van der Waals surface area (Å²) >= 11 is 0. The highest BCUT2D eigenvalue weighted by Gasteiger charge is 2.30. The molecule has 1 heterocycles. The molecule has 1 aliphatic heterocycles. The van der Waals surface area contributed by atoms with Crippen molar-refractivity contribution in [2.45, 2.75) is 31.4 Å². The van der Waals surface area contributed by atoms with Crippen LogP contribution in [0.25, 0.3) is 0 Å². The van der Waals surface area contributed by atoms with Gasteiger partial charge in [-0.15, -0.1) is 0 Å². The Balaban J connectivity index is 1.75. The molecule has 114 valence electrons. The summed E-state index contributed by atoms with van der Waals surface area (Å²) in [7, 11) is 1.68. The Bertz CT molecular complexity index is 356. The number of aliphatic carboxylic acids is 1. The normalized spacial score (nSPS) is 27.6. The van der Waals surface area contributed by atoms with Gasteiger partial charge >= 0.3 is 12.0 Å². The summed E-state index contributed by atoms with van der Waals surface area (Å²) in [6, 6.07) is 0.0403. The van der Waals surface area contributed by atoms with Crippen LogP contribution in [0, 0.1) is 0 Å². The molecule has 1 aliphatic carbocycles. The molecule has 2 rings (SSSR count). The number of carbonyl (C=O) groups is 2. The van der Waals surface area contributed by atoms with Gasteiger partial charge in [0.05, 0.1) is 18.7 Å². The van der Waals surface area contributed by atoms with Gasteiger partial charge in [-0.3, -0.25) is 9.69 Å². The van der Waals surface area contributed by atoms with Crippen molar-refractivity contribution in [1.82, 2.24) is 15.1 Å². The van der Waals surface area contributed by atoms with Crippen molar-refractivity contribution in [3.8, 4) is 0 Å². The summed E-state index contributed by atoms with van der Waals surface area (Å²) in [5.41, 5.74) is 0. The standard InChI is InChI=1S/C13H23N3O4/c1-20-11-4-2-3-10(11)14-13(19)16-7-5-15(6-8-16)9-12(17)18/h10-11H,2-9H2,1H3,(H,14,19)(H,17,18). The molecule has 0 aromatic rings. The number of nitrogens with one attached hydrogen (secondary N) is 1. The first kappa shape index (κ1) is 15.1. The zero-order valence-electron chi connectivity index (χ0n) is 11.9. The van der Waals surface area contributed by atoms with Gasteiger partial charge in [-0.25, -0.2) is 4.79 Å². The average molecular weight is 285 g/mol. The Labute approximate surface area is 118 Å². The number of urea groups is 1. The molecule has 7 heteroatoms. The van der Waals surface area contributed by atoms with Gasteiger partial charge in [0.1, 0.15) is 0 Å². The van der Waals surface area contributed by atoms with E-state index >= 15 is 0 Å². The molecule has 0 bridgehead atoms. The van der Waals surface area contributed by atoms with E-state index in [0.29, 0.717) is 26.2 Å². The number of nitrogens with zero attached hydrogens (tertiary/aromatic N) is 2. The molecule has 2 unspecified atom stereocenters. The van der Waals surface area contributed by atoms with Gasteiger partial charge in [0.15, 0.2) is 0 Å². The Hall–Kier alpha value is -1.34. The van der Waals surface area contributed by atoms with Crippen molar-refractivity contribution in [3.05, 3.63) is 0 Å². The summed E-state index contributed by atoms with van der Waals surface area (Å²) < 4.78 is 5.37. The molecule has 0 spiro atoms. The first-order chi connectivity index (χ1) is 9.60. The smallest absolute Gasteiger partial charge is 0.317 e. The predicted molar refractivity (Wildman–Crippen MR) is 72.6 cm³/mol. The van der Waals surface area contributed by atoms with Crippen molar-refractivity contribution in [2.24, 2.45) is 0 Å². The first-order valence-corrected chi connectivity index (χ1v) is 7.12. The van der Waals surface area contributed by atoms with Crippen molar-refractivity contribution in [1.29, 1.82) is 0 Å². The Morgan fingerprint density at radius 2 is 1.95 bits per heavy atom. The minimum absolute atomic E-state index is 0.0455. The fourth-order valence-electron chi connectivity index (χ4n) is 2.92. The molecule has 1 saturated heterocycles. The van der Waals surface area contributed by atoms with Gasteiger partial charge in [0.2, 0.25) is 0 Å². The lowest BCUT2D eigenvalue weighted by Crippen LogP contribution is -2.55. The van der Waals surface area contributed by atoms with E-state index in [0.717, 1.165) is 19.3 Å². The van der Waals surface area contributed by atoms with E-state index in [1.807, 2.05) is 4.90 Å². The molecule has 2 amide bonds. The van der Waals surface area contributed by atoms with Crippen LogP contribution >= 0.6 is 0 Å². The summed E-state index contributed by atoms with van der Waals surface area (Å²) in [4.78, 5) is 26.4. The van der Waals surface area contributed by atoms with Crippen LogP contribution in [-0.2, 0) is 9.53 Å². The summed E-state index contributed by atoms with van der Waals surface area (Å²) in [5.74, 6) is -0.822. The molecular formula is C13H23N3O4. The van der Waals surface area contributed by atoms with E-state index in [9.17, 15) is 9.59 Å². The molecule has 7 nitrogen and oxygen atoms in total. The van der Waals surface area contributed by atoms with Crippen molar-refractivity contribution in [2.75, 3.05) is 39.8 Å². The third-order valence-corrected chi connectivity index (χ3v) is 4.08. The van der Waals surface area contributed by atoms with E-state index in [-0.39, 0.29) is 24.7 Å². The molecular weight excluding hydrogens is 262 g/mol. The van der Waals surface area contributed by atoms with Gasteiger partial charge in [0, 0.05) is 33.3 Å². The zero-order chi connectivity index (χ0) is 14.5. The molecule has 0 radical (unpaired) electrons. The number of carboxylic acid groups (broad SMARTS) is 1. The third kappa shape index (κ3) is 3.83.